The number of amides is 2. The second kappa shape index (κ2) is 6.75. The van der Waals surface area contributed by atoms with Gasteiger partial charge in [0.25, 0.3) is 0 Å². The van der Waals surface area contributed by atoms with Crippen molar-refractivity contribution in [2.24, 2.45) is 5.73 Å². The van der Waals surface area contributed by atoms with Gasteiger partial charge < -0.3 is 21.1 Å². The normalized spacial score (nSPS) is 14.9. The standard InChI is InChI=1S/C7H8N2O2.C5H11N/c8-7(11)9-5-2-1-3-6(10)4-5;1-6-4-2-3-5-6/h1-4,10H,(H3,8,9,11);2-5H2,1H3. The number of benzene rings is 1. The van der Waals surface area contributed by atoms with Crippen molar-refractivity contribution in [3.05, 3.63) is 24.3 Å². The molecule has 1 saturated heterocycles. The van der Waals surface area contributed by atoms with E-state index in [1.54, 1.807) is 12.1 Å². The maximum absolute atomic E-state index is 10.3. The summed E-state index contributed by atoms with van der Waals surface area (Å²) in [6, 6.07) is 5.51. The molecule has 1 aliphatic rings. The maximum Gasteiger partial charge on any atom is 0.316 e. The lowest BCUT2D eigenvalue weighted by molar-refractivity contribution is 0.259. The second-order valence-corrected chi connectivity index (χ2v) is 4.05. The molecular formula is C12H19N3O2. The quantitative estimate of drug-likeness (QED) is 0.694. The minimum atomic E-state index is -0.643. The number of urea groups is 1. The van der Waals surface area contributed by atoms with Crippen LogP contribution in [0.1, 0.15) is 12.8 Å². The predicted octanol–water partition coefficient (Wildman–Crippen LogP) is 1.59. The van der Waals surface area contributed by atoms with Gasteiger partial charge in [-0.1, -0.05) is 6.07 Å². The topological polar surface area (TPSA) is 78.6 Å². The molecule has 0 aliphatic carbocycles. The fraction of sp³-hybridized carbons (Fsp3) is 0.417. The Hall–Kier alpha value is -1.75. The molecule has 0 aromatic heterocycles. The molecule has 94 valence electrons. The van der Waals surface area contributed by atoms with Crippen molar-refractivity contribution in [2.45, 2.75) is 12.8 Å². The number of primary amides is 1. The van der Waals surface area contributed by atoms with Crippen LogP contribution in [0.3, 0.4) is 0 Å². The summed E-state index contributed by atoms with van der Waals surface area (Å²) >= 11 is 0. The molecular weight excluding hydrogens is 218 g/mol. The van der Waals surface area contributed by atoms with Gasteiger partial charge >= 0.3 is 6.03 Å². The Morgan fingerprint density at radius 1 is 1.41 bits per heavy atom. The Labute approximate surface area is 101 Å². The molecule has 2 rings (SSSR count). The number of nitrogens with two attached hydrogens (primary N) is 1. The van der Waals surface area contributed by atoms with Crippen LogP contribution < -0.4 is 11.1 Å². The summed E-state index contributed by atoms with van der Waals surface area (Å²) in [7, 11) is 2.17. The van der Waals surface area contributed by atoms with Crippen molar-refractivity contribution < 1.29 is 9.90 Å². The van der Waals surface area contributed by atoms with Gasteiger partial charge in [0, 0.05) is 11.8 Å². The largest absolute Gasteiger partial charge is 0.508 e. The highest BCUT2D eigenvalue weighted by molar-refractivity contribution is 5.87. The van der Waals surface area contributed by atoms with Crippen LogP contribution in [0.15, 0.2) is 24.3 Å². The van der Waals surface area contributed by atoms with Crippen molar-refractivity contribution in [2.75, 3.05) is 25.5 Å². The van der Waals surface area contributed by atoms with Gasteiger partial charge in [0.2, 0.25) is 0 Å². The lowest BCUT2D eigenvalue weighted by Crippen LogP contribution is -2.18. The third-order valence-corrected chi connectivity index (χ3v) is 2.44. The average molecular weight is 237 g/mol. The van der Waals surface area contributed by atoms with Crippen molar-refractivity contribution >= 4 is 11.7 Å². The number of nitrogens with one attached hydrogen (secondary N) is 1. The van der Waals surface area contributed by atoms with Crippen LogP contribution in [0.2, 0.25) is 0 Å². The van der Waals surface area contributed by atoms with Gasteiger partial charge in [-0.2, -0.15) is 0 Å². The van der Waals surface area contributed by atoms with E-state index in [1.807, 2.05) is 0 Å². The van der Waals surface area contributed by atoms with Crippen LogP contribution in [0.4, 0.5) is 10.5 Å². The number of anilines is 1. The molecule has 0 atom stereocenters. The molecule has 2 amide bonds. The molecule has 0 unspecified atom stereocenters. The molecule has 5 heteroatoms. The fourth-order valence-electron chi connectivity index (χ4n) is 1.60. The van der Waals surface area contributed by atoms with Gasteiger partial charge in [-0.3, -0.25) is 0 Å². The molecule has 0 radical (unpaired) electrons. The monoisotopic (exact) mass is 237 g/mol. The zero-order valence-electron chi connectivity index (χ0n) is 10.0. The van der Waals surface area contributed by atoms with Crippen LogP contribution >= 0.6 is 0 Å². The van der Waals surface area contributed by atoms with Crippen LogP contribution in [-0.2, 0) is 0 Å². The van der Waals surface area contributed by atoms with E-state index in [9.17, 15) is 4.79 Å². The van der Waals surface area contributed by atoms with E-state index in [-0.39, 0.29) is 5.75 Å². The van der Waals surface area contributed by atoms with Crippen LogP contribution in [0.25, 0.3) is 0 Å². The van der Waals surface area contributed by atoms with Gasteiger partial charge in [0.05, 0.1) is 0 Å². The zero-order chi connectivity index (χ0) is 12.7. The number of carbonyl (C=O) groups excluding carboxylic acids is 1. The molecule has 17 heavy (non-hydrogen) atoms. The Morgan fingerprint density at radius 3 is 2.47 bits per heavy atom. The number of hydrogen-bond donors (Lipinski definition) is 3. The summed E-state index contributed by atoms with van der Waals surface area (Å²) in [5, 5.41) is 11.3. The van der Waals surface area contributed by atoms with Gasteiger partial charge in [-0.25, -0.2) is 4.79 Å². The molecule has 5 nitrogen and oxygen atoms in total. The van der Waals surface area contributed by atoms with Crippen LogP contribution in [0, 0.1) is 0 Å². The first kappa shape index (κ1) is 13.3. The molecule has 1 aliphatic heterocycles. The van der Waals surface area contributed by atoms with E-state index in [4.69, 9.17) is 10.8 Å². The first-order valence-electron chi connectivity index (χ1n) is 5.62. The molecule has 0 bridgehead atoms. The summed E-state index contributed by atoms with van der Waals surface area (Å²) in [6.45, 7) is 2.64. The van der Waals surface area contributed by atoms with Gasteiger partial charge in [0.1, 0.15) is 5.75 Å². The van der Waals surface area contributed by atoms with E-state index in [0.717, 1.165) is 0 Å². The van der Waals surface area contributed by atoms with Gasteiger partial charge in [-0.15, -0.1) is 0 Å². The Bertz CT molecular complexity index is 363. The van der Waals surface area contributed by atoms with Crippen molar-refractivity contribution in [1.29, 1.82) is 0 Å². The lowest BCUT2D eigenvalue weighted by Gasteiger charge is -2.01. The minimum absolute atomic E-state index is 0.0938. The van der Waals surface area contributed by atoms with Gasteiger partial charge in [-0.05, 0) is 45.1 Å². The molecule has 1 aromatic carbocycles. The van der Waals surface area contributed by atoms with E-state index in [0.29, 0.717) is 5.69 Å². The molecule has 1 aromatic rings. The molecule has 1 fully saturated rings. The van der Waals surface area contributed by atoms with Crippen molar-refractivity contribution in [1.82, 2.24) is 4.90 Å². The lowest BCUT2D eigenvalue weighted by atomic mass is 10.3. The van der Waals surface area contributed by atoms with E-state index in [2.05, 4.69) is 17.3 Å². The summed E-state index contributed by atoms with van der Waals surface area (Å²) < 4.78 is 0. The highest BCUT2D eigenvalue weighted by Crippen LogP contribution is 2.14. The summed E-state index contributed by atoms with van der Waals surface area (Å²) in [4.78, 5) is 12.7. The smallest absolute Gasteiger partial charge is 0.316 e. The first-order chi connectivity index (χ1) is 8.08. The predicted molar refractivity (Wildman–Crippen MR) is 68.0 cm³/mol. The third kappa shape index (κ3) is 5.77. The van der Waals surface area contributed by atoms with Gasteiger partial charge in [0.15, 0.2) is 0 Å². The van der Waals surface area contributed by atoms with Crippen LogP contribution in [0.5, 0.6) is 5.75 Å². The van der Waals surface area contributed by atoms with Crippen molar-refractivity contribution in [3.63, 3.8) is 0 Å². The minimum Gasteiger partial charge on any atom is -0.508 e. The Morgan fingerprint density at radius 2 is 2.06 bits per heavy atom. The van der Waals surface area contributed by atoms with E-state index in [1.165, 1.54) is 38.1 Å². The Kier molecular flexibility index (Phi) is 5.29. The number of rotatable bonds is 1. The number of phenolic OH excluding ortho intramolecular Hbond substituents is 1. The Balaban J connectivity index is 0.000000202. The van der Waals surface area contributed by atoms with Crippen molar-refractivity contribution in [3.8, 4) is 5.75 Å². The van der Waals surface area contributed by atoms with Crippen LogP contribution in [-0.4, -0.2) is 36.2 Å². The molecule has 4 N–H and O–H groups in total. The number of hydrogen-bond acceptors (Lipinski definition) is 3. The number of aromatic hydroxyl groups is 1. The van der Waals surface area contributed by atoms with E-state index >= 15 is 0 Å². The summed E-state index contributed by atoms with van der Waals surface area (Å²) in [5.41, 5.74) is 5.33. The maximum atomic E-state index is 10.3. The first-order valence-corrected chi connectivity index (χ1v) is 5.62. The highest BCUT2D eigenvalue weighted by atomic mass is 16.3. The molecule has 0 spiro atoms. The average Bonchev–Trinajstić information content (AvgIpc) is 2.69. The summed E-state index contributed by atoms with van der Waals surface area (Å²) in [5.74, 6) is 0.0938. The zero-order valence-corrected chi connectivity index (χ0v) is 10.0. The second-order valence-electron chi connectivity index (χ2n) is 4.05. The number of carbonyl (C=O) groups is 1. The highest BCUT2D eigenvalue weighted by Gasteiger charge is 2.03. The molecule has 0 saturated carbocycles. The summed E-state index contributed by atoms with van der Waals surface area (Å²) in [6.07, 6.45) is 2.83. The number of nitrogens with zero attached hydrogens (tertiary/aromatic N) is 1. The number of phenols is 1. The van der Waals surface area contributed by atoms with E-state index < -0.39 is 6.03 Å². The third-order valence-electron chi connectivity index (χ3n) is 2.44. The fourth-order valence-corrected chi connectivity index (χ4v) is 1.60. The SMILES string of the molecule is CN1CCCC1.NC(=O)Nc1cccc(O)c1. The number of likely N-dealkylation sites (tertiary alicyclic amines) is 1. The molecule has 1 heterocycles.